The number of halogens is 1. The molecule has 116 valence electrons. The van der Waals surface area contributed by atoms with Crippen LogP contribution in [0.25, 0.3) is 0 Å². The zero-order chi connectivity index (χ0) is 15.2. The highest BCUT2D eigenvalue weighted by Crippen LogP contribution is 2.28. The maximum Gasteiger partial charge on any atom is 0.321 e. The number of nitrogens with one attached hydrogen (secondary N) is 1. The predicted octanol–water partition coefficient (Wildman–Crippen LogP) is 3.12. The summed E-state index contributed by atoms with van der Waals surface area (Å²) in [5, 5.41) is 12.9. The number of anilines is 1. The summed E-state index contributed by atoms with van der Waals surface area (Å²) in [6.45, 7) is 3.66. The Kier molecular flexibility index (Phi) is 5.70. The highest BCUT2D eigenvalue weighted by molar-refractivity contribution is 6.32. The normalized spacial score (nSPS) is 18.4. The number of β-amino-alcohol motifs (C(OH)–C–C–N with tert-alkyl or cyclic N) is 1. The van der Waals surface area contributed by atoms with Crippen molar-refractivity contribution in [1.29, 1.82) is 0 Å². The highest BCUT2D eigenvalue weighted by atomic mass is 35.5. The van der Waals surface area contributed by atoms with Crippen LogP contribution >= 0.6 is 11.6 Å². The first-order valence-corrected chi connectivity index (χ1v) is 7.64. The molecule has 0 saturated carbocycles. The van der Waals surface area contributed by atoms with Gasteiger partial charge in [-0.1, -0.05) is 18.5 Å². The van der Waals surface area contributed by atoms with E-state index in [4.69, 9.17) is 16.3 Å². The molecule has 21 heavy (non-hydrogen) atoms. The third-order valence-corrected chi connectivity index (χ3v) is 3.62. The van der Waals surface area contributed by atoms with Crippen molar-refractivity contribution in [1.82, 2.24) is 4.90 Å². The van der Waals surface area contributed by atoms with E-state index in [-0.39, 0.29) is 6.03 Å². The molecule has 1 aromatic carbocycles. The van der Waals surface area contributed by atoms with Gasteiger partial charge in [-0.25, -0.2) is 4.79 Å². The van der Waals surface area contributed by atoms with Crippen molar-refractivity contribution in [2.75, 3.05) is 25.0 Å². The standard InChI is InChI=1S/C15H21ClN2O3/c1-2-8-21-14-6-5-11(9-13(14)16)17-15(20)18-7-3-4-12(19)10-18/h5-6,9,12,19H,2-4,7-8,10H2,1H3,(H,17,20)/t12-/m0/s1. The van der Waals surface area contributed by atoms with Crippen LogP contribution in [0, 0.1) is 0 Å². The van der Waals surface area contributed by atoms with Crippen LogP contribution in [0.5, 0.6) is 5.75 Å². The minimum absolute atomic E-state index is 0.216. The number of hydrogen-bond acceptors (Lipinski definition) is 3. The SMILES string of the molecule is CCCOc1ccc(NC(=O)N2CCC[C@H](O)C2)cc1Cl. The van der Waals surface area contributed by atoms with Crippen LogP contribution in [-0.4, -0.2) is 41.8 Å². The van der Waals surface area contributed by atoms with Crippen molar-refractivity contribution < 1.29 is 14.6 Å². The molecular formula is C15H21ClN2O3. The molecule has 2 rings (SSSR count). The summed E-state index contributed by atoms with van der Waals surface area (Å²) in [5.74, 6) is 0.616. The van der Waals surface area contributed by atoms with Crippen LogP contribution < -0.4 is 10.1 Å². The molecule has 0 aliphatic carbocycles. The van der Waals surface area contributed by atoms with Gasteiger partial charge in [0, 0.05) is 18.8 Å². The molecule has 1 fully saturated rings. The monoisotopic (exact) mass is 312 g/mol. The van der Waals surface area contributed by atoms with Crippen LogP contribution in [0.4, 0.5) is 10.5 Å². The lowest BCUT2D eigenvalue weighted by atomic mass is 10.1. The third kappa shape index (κ3) is 4.51. The number of carbonyl (C=O) groups is 1. The molecule has 0 unspecified atom stereocenters. The van der Waals surface area contributed by atoms with Gasteiger partial charge in [-0.15, -0.1) is 0 Å². The molecule has 5 nitrogen and oxygen atoms in total. The highest BCUT2D eigenvalue weighted by Gasteiger charge is 2.22. The van der Waals surface area contributed by atoms with Crippen molar-refractivity contribution in [2.24, 2.45) is 0 Å². The lowest BCUT2D eigenvalue weighted by molar-refractivity contribution is 0.0883. The number of likely N-dealkylation sites (tertiary alicyclic amines) is 1. The summed E-state index contributed by atoms with van der Waals surface area (Å²) < 4.78 is 5.49. The quantitative estimate of drug-likeness (QED) is 0.898. The van der Waals surface area contributed by atoms with Crippen LogP contribution in [0.2, 0.25) is 5.02 Å². The van der Waals surface area contributed by atoms with Crippen molar-refractivity contribution >= 4 is 23.3 Å². The molecular weight excluding hydrogens is 292 g/mol. The zero-order valence-corrected chi connectivity index (χ0v) is 12.9. The average molecular weight is 313 g/mol. The number of aliphatic hydroxyl groups excluding tert-OH is 1. The minimum atomic E-state index is -0.432. The van der Waals surface area contributed by atoms with Gasteiger partial charge in [-0.2, -0.15) is 0 Å². The van der Waals surface area contributed by atoms with Crippen molar-refractivity contribution in [3.63, 3.8) is 0 Å². The number of urea groups is 1. The zero-order valence-electron chi connectivity index (χ0n) is 12.1. The van der Waals surface area contributed by atoms with E-state index in [1.807, 2.05) is 6.92 Å². The van der Waals surface area contributed by atoms with Gasteiger partial charge < -0.3 is 20.1 Å². The largest absolute Gasteiger partial charge is 0.492 e. The Morgan fingerprint density at radius 2 is 2.38 bits per heavy atom. The Hall–Kier alpha value is -1.46. The fourth-order valence-electron chi connectivity index (χ4n) is 2.25. The summed E-state index contributed by atoms with van der Waals surface area (Å²) in [6, 6.07) is 4.96. The molecule has 0 aromatic heterocycles. The number of carbonyl (C=O) groups excluding carboxylic acids is 1. The van der Waals surface area contributed by atoms with Gasteiger partial charge in [0.25, 0.3) is 0 Å². The summed E-state index contributed by atoms with van der Waals surface area (Å²) in [4.78, 5) is 13.7. The lowest BCUT2D eigenvalue weighted by Gasteiger charge is -2.30. The van der Waals surface area contributed by atoms with Gasteiger partial charge in [0.1, 0.15) is 5.75 Å². The Morgan fingerprint density at radius 1 is 1.57 bits per heavy atom. The van der Waals surface area contributed by atoms with Gasteiger partial charge in [0.2, 0.25) is 0 Å². The number of amides is 2. The summed E-state index contributed by atoms with van der Waals surface area (Å²) in [5.41, 5.74) is 0.619. The van der Waals surface area contributed by atoms with Crippen molar-refractivity contribution in [3.05, 3.63) is 23.2 Å². The maximum atomic E-state index is 12.1. The molecule has 0 radical (unpaired) electrons. The van der Waals surface area contributed by atoms with E-state index in [1.54, 1.807) is 23.1 Å². The molecule has 2 N–H and O–H groups in total. The second-order valence-corrected chi connectivity index (χ2v) is 5.57. The van der Waals surface area contributed by atoms with E-state index >= 15 is 0 Å². The van der Waals surface area contributed by atoms with Gasteiger partial charge in [-0.05, 0) is 37.5 Å². The first kappa shape index (κ1) is 15.9. The number of nitrogens with zero attached hydrogens (tertiary/aromatic N) is 1. The Bertz CT molecular complexity index is 496. The third-order valence-electron chi connectivity index (χ3n) is 3.33. The van der Waals surface area contributed by atoms with Crippen molar-refractivity contribution in [3.8, 4) is 5.75 Å². The van der Waals surface area contributed by atoms with E-state index in [2.05, 4.69) is 5.32 Å². The van der Waals surface area contributed by atoms with E-state index in [1.165, 1.54) is 0 Å². The minimum Gasteiger partial charge on any atom is -0.492 e. The molecule has 1 heterocycles. The van der Waals surface area contributed by atoms with Crippen LogP contribution in [0.15, 0.2) is 18.2 Å². The van der Waals surface area contributed by atoms with E-state index in [0.29, 0.717) is 36.2 Å². The molecule has 1 saturated heterocycles. The number of rotatable bonds is 4. The van der Waals surface area contributed by atoms with Gasteiger partial charge in [-0.3, -0.25) is 0 Å². The number of piperidine rings is 1. The molecule has 0 bridgehead atoms. The van der Waals surface area contributed by atoms with E-state index < -0.39 is 6.10 Å². The Balaban J connectivity index is 1.96. The van der Waals surface area contributed by atoms with Gasteiger partial charge in [0.05, 0.1) is 17.7 Å². The average Bonchev–Trinajstić information content (AvgIpc) is 2.46. The van der Waals surface area contributed by atoms with Gasteiger partial charge in [0.15, 0.2) is 0 Å². The molecule has 6 heteroatoms. The Labute approximate surface area is 129 Å². The fourth-order valence-corrected chi connectivity index (χ4v) is 2.48. The topological polar surface area (TPSA) is 61.8 Å². The first-order valence-electron chi connectivity index (χ1n) is 7.26. The number of ether oxygens (including phenoxy) is 1. The Morgan fingerprint density at radius 3 is 3.05 bits per heavy atom. The number of hydrogen-bond donors (Lipinski definition) is 2. The molecule has 1 atom stereocenters. The second kappa shape index (κ2) is 7.52. The molecule has 1 aliphatic heterocycles. The summed E-state index contributed by atoms with van der Waals surface area (Å²) >= 11 is 6.13. The molecule has 0 spiro atoms. The first-order chi connectivity index (χ1) is 10.1. The molecule has 1 aliphatic rings. The van der Waals surface area contributed by atoms with Crippen LogP contribution in [-0.2, 0) is 0 Å². The lowest BCUT2D eigenvalue weighted by Crippen LogP contribution is -2.44. The van der Waals surface area contributed by atoms with Crippen LogP contribution in [0.1, 0.15) is 26.2 Å². The molecule has 1 aromatic rings. The number of benzene rings is 1. The smallest absolute Gasteiger partial charge is 0.321 e. The van der Waals surface area contributed by atoms with E-state index in [9.17, 15) is 9.90 Å². The summed E-state index contributed by atoms with van der Waals surface area (Å²) in [7, 11) is 0. The number of aliphatic hydroxyl groups is 1. The van der Waals surface area contributed by atoms with Crippen molar-refractivity contribution in [2.45, 2.75) is 32.3 Å². The van der Waals surface area contributed by atoms with Crippen LogP contribution in [0.3, 0.4) is 0 Å². The second-order valence-electron chi connectivity index (χ2n) is 5.17. The maximum absolute atomic E-state index is 12.1. The van der Waals surface area contributed by atoms with Gasteiger partial charge >= 0.3 is 6.03 Å². The fraction of sp³-hybridized carbons (Fsp3) is 0.533. The summed E-state index contributed by atoms with van der Waals surface area (Å²) in [6.07, 6.45) is 2.04. The molecule has 2 amide bonds. The predicted molar refractivity (Wildman–Crippen MR) is 83.1 cm³/mol. The van der Waals surface area contributed by atoms with E-state index in [0.717, 1.165) is 19.3 Å².